The van der Waals surface area contributed by atoms with Crippen LogP contribution in [0.3, 0.4) is 0 Å². The second kappa shape index (κ2) is 6.35. The highest BCUT2D eigenvalue weighted by Gasteiger charge is 2.08. The van der Waals surface area contributed by atoms with Gasteiger partial charge in [0.1, 0.15) is 0 Å². The van der Waals surface area contributed by atoms with Crippen LogP contribution >= 0.6 is 0 Å². The summed E-state index contributed by atoms with van der Waals surface area (Å²) in [5.74, 6) is 0. The lowest BCUT2D eigenvalue weighted by Gasteiger charge is -2.14. The summed E-state index contributed by atoms with van der Waals surface area (Å²) >= 11 is 0. The fourth-order valence-corrected chi connectivity index (χ4v) is 1.65. The SMILES string of the molecule is NC(=O)N(C=NCc1ccccc1)c1ccccc1. The molecule has 0 aliphatic heterocycles. The van der Waals surface area contributed by atoms with Crippen molar-refractivity contribution < 1.29 is 4.79 Å². The Labute approximate surface area is 112 Å². The number of urea groups is 1. The van der Waals surface area contributed by atoms with E-state index in [1.54, 1.807) is 12.1 Å². The first-order valence-corrected chi connectivity index (χ1v) is 5.95. The van der Waals surface area contributed by atoms with Gasteiger partial charge in [-0.1, -0.05) is 48.5 Å². The molecular formula is C15H15N3O. The van der Waals surface area contributed by atoms with Gasteiger partial charge in [-0.15, -0.1) is 0 Å². The van der Waals surface area contributed by atoms with E-state index in [1.807, 2.05) is 48.5 Å². The standard InChI is InChI=1S/C15H15N3O/c16-15(19)18(14-9-5-2-6-10-14)12-17-11-13-7-3-1-4-8-13/h1-10,12H,11H2,(H2,16,19). The number of hydrogen-bond acceptors (Lipinski definition) is 2. The quantitative estimate of drug-likeness (QED) is 0.661. The Morgan fingerprint density at radius 2 is 1.63 bits per heavy atom. The van der Waals surface area contributed by atoms with Gasteiger partial charge in [-0.3, -0.25) is 9.89 Å². The highest BCUT2D eigenvalue weighted by molar-refractivity contribution is 6.06. The first-order chi connectivity index (χ1) is 9.27. The fourth-order valence-electron chi connectivity index (χ4n) is 1.65. The molecule has 0 unspecified atom stereocenters. The molecule has 96 valence electrons. The van der Waals surface area contributed by atoms with Crippen LogP contribution in [0.4, 0.5) is 10.5 Å². The van der Waals surface area contributed by atoms with Gasteiger partial charge in [0.05, 0.1) is 18.6 Å². The molecule has 4 nitrogen and oxygen atoms in total. The fraction of sp³-hybridized carbons (Fsp3) is 0.0667. The maximum Gasteiger partial charge on any atom is 0.324 e. The van der Waals surface area contributed by atoms with E-state index >= 15 is 0 Å². The van der Waals surface area contributed by atoms with Gasteiger partial charge in [-0.2, -0.15) is 0 Å². The van der Waals surface area contributed by atoms with E-state index in [1.165, 1.54) is 11.2 Å². The minimum Gasteiger partial charge on any atom is -0.351 e. The molecule has 2 N–H and O–H groups in total. The molecule has 2 aromatic carbocycles. The van der Waals surface area contributed by atoms with Crippen LogP contribution in [0.5, 0.6) is 0 Å². The lowest BCUT2D eigenvalue weighted by atomic mass is 10.2. The molecule has 0 radical (unpaired) electrons. The number of carbonyl (C=O) groups excluding carboxylic acids is 1. The lowest BCUT2D eigenvalue weighted by Crippen LogP contribution is -2.34. The van der Waals surface area contributed by atoms with Gasteiger partial charge < -0.3 is 5.73 Å². The highest BCUT2D eigenvalue weighted by Crippen LogP contribution is 2.11. The molecule has 0 aliphatic rings. The van der Waals surface area contributed by atoms with Crippen molar-refractivity contribution in [1.29, 1.82) is 0 Å². The second-order valence-corrected chi connectivity index (χ2v) is 3.99. The van der Waals surface area contributed by atoms with Crippen LogP contribution in [0, 0.1) is 0 Å². The largest absolute Gasteiger partial charge is 0.351 e. The molecule has 0 bridgehead atoms. The van der Waals surface area contributed by atoms with Crippen LogP contribution in [-0.2, 0) is 6.54 Å². The number of rotatable bonds is 4. The van der Waals surface area contributed by atoms with Crippen LogP contribution in [0.15, 0.2) is 65.7 Å². The topological polar surface area (TPSA) is 58.7 Å². The molecule has 2 rings (SSSR count). The monoisotopic (exact) mass is 253 g/mol. The van der Waals surface area contributed by atoms with Crippen molar-refractivity contribution in [2.75, 3.05) is 4.90 Å². The van der Waals surface area contributed by atoms with Gasteiger partial charge in [-0.05, 0) is 17.7 Å². The van der Waals surface area contributed by atoms with Crippen molar-refractivity contribution in [2.45, 2.75) is 6.54 Å². The molecule has 0 saturated heterocycles. The van der Waals surface area contributed by atoms with E-state index in [0.29, 0.717) is 12.2 Å². The minimum atomic E-state index is -0.553. The Morgan fingerprint density at radius 3 is 2.21 bits per heavy atom. The zero-order valence-corrected chi connectivity index (χ0v) is 10.4. The minimum absolute atomic E-state index is 0.511. The van der Waals surface area contributed by atoms with Crippen LogP contribution in [-0.4, -0.2) is 12.4 Å². The third kappa shape index (κ3) is 3.67. The molecule has 0 aliphatic carbocycles. The molecule has 0 atom stereocenters. The van der Waals surface area contributed by atoms with Crippen molar-refractivity contribution in [3.63, 3.8) is 0 Å². The average molecular weight is 253 g/mol. The Balaban J connectivity index is 2.08. The summed E-state index contributed by atoms with van der Waals surface area (Å²) in [7, 11) is 0. The lowest BCUT2D eigenvalue weighted by molar-refractivity contribution is 0.256. The number of nitrogens with zero attached hydrogens (tertiary/aromatic N) is 2. The molecular weight excluding hydrogens is 238 g/mol. The van der Waals surface area contributed by atoms with Crippen molar-refractivity contribution in [3.05, 3.63) is 66.2 Å². The Bertz CT molecular complexity index is 552. The van der Waals surface area contributed by atoms with Gasteiger partial charge in [0.15, 0.2) is 0 Å². The van der Waals surface area contributed by atoms with Crippen molar-refractivity contribution >= 4 is 18.1 Å². The number of para-hydroxylation sites is 1. The number of aliphatic imine (C=N–C) groups is 1. The summed E-state index contributed by atoms with van der Waals surface area (Å²) in [6, 6.07) is 18.4. The molecule has 0 aromatic heterocycles. The molecule has 0 fully saturated rings. The van der Waals surface area contributed by atoms with Gasteiger partial charge in [0.2, 0.25) is 0 Å². The summed E-state index contributed by atoms with van der Waals surface area (Å²) in [4.78, 5) is 17.0. The van der Waals surface area contributed by atoms with Gasteiger partial charge in [0, 0.05) is 0 Å². The number of amides is 2. The van der Waals surface area contributed by atoms with E-state index in [2.05, 4.69) is 4.99 Å². The number of hydrogen-bond donors (Lipinski definition) is 1. The van der Waals surface area contributed by atoms with Crippen molar-refractivity contribution in [2.24, 2.45) is 10.7 Å². The molecule has 2 aromatic rings. The summed E-state index contributed by atoms with van der Waals surface area (Å²) in [5.41, 5.74) is 7.12. The van der Waals surface area contributed by atoms with E-state index in [9.17, 15) is 4.79 Å². The Morgan fingerprint density at radius 1 is 1.05 bits per heavy atom. The van der Waals surface area contributed by atoms with E-state index < -0.39 is 6.03 Å². The van der Waals surface area contributed by atoms with E-state index in [-0.39, 0.29) is 0 Å². The first-order valence-electron chi connectivity index (χ1n) is 5.95. The molecule has 2 amide bonds. The maximum atomic E-state index is 11.4. The van der Waals surface area contributed by atoms with Gasteiger partial charge >= 0.3 is 6.03 Å². The average Bonchev–Trinajstić information content (AvgIpc) is 2.45. The second-order valence-electron chi connectivity index (χ2n) is 3.99. The molecule has 4 heteroatoms. The van der Waals surface area contributed by atoms with Crippen LogP contribution < -0.4 is 10.6 Å². The highest BCUT2D eigenvalue weighted by atomic mass is 16.2. The van der Waals surface area contributed by atoms with Crippen molar-refractivity contribution in [3.8, 4) is 0 Å². The number of benzene rings is 2. The predicted octanol–water partition coefficient (Wildman–Crippen LogP) is 2.80. The van der Waals surface area contributed by atoms with Crippen LogP contribution in [0.2, 0.25) is 0 Å². The normalized spacial score (nSPS) is 10.5. The summed E-state index contributed by atoms with van der Waals surface area (Å²) < 4.78 is 0. The predicted molar refractivity (Wildman–Crippen MR) is 77.1 cm³/mol. The van der Waals surface area contributed by atoms with Gasteiger partial charge in [0.25, 0.3) is 0 Å². The molecule has 0 heterocycles. The van der Waals surface area contributed by atoms with Crippen LogP contribution in [0.1, 0.15) is 5.56 Å². The number of nitrogens with two attached hydrogens (primary N) is 1. The third-order valence-electron chi connectivity index (χ3n) is 2.59. The van der Waals surface area contributed by atoms with Crippen LogP contribution in [0.25, 0.3) is 0 Å². The summed E-state index contributed by atoms with van der Waals surface area (Å²) in [5, 5.41) is 0. The molecule has 0 spiro atoms. The first kappa shape index (κ1) is 12.8. The molecule has 19 heavy (non-hydrogen) atoms. The Hall–Kier alpha value is -2.62. The number of primary amides is 1. The van der Waals surface area contributed by atoms with Crippen molar-refractivity contribution in [1.82, 2.24) is 0 Å². The zero-order chi connectivity index (χ0) is 13.5. The summed E-state index contributed by atoms with van der Waals surface area (Å²) in [6.07, 6.45) is 1.46. The number of carbonyl (C=O) groups is 1. The van der Waals surface area contributed by atoms with E-state index in [4.69, 9.17) is 5.73 Å². The zero-order valence-electron chi connectivity index (χ0n) is 10.4. The maximum absolute atomic E-state index is 11.4. The molecule has 0 saturated carbocycles. The van der Waals surface area contributed by atoms with E-state index in [0.717, 1.165) is 5.56 Å². The third-order valence-corrected chi connectivity index (χ3v) is 2.59. The smallest absolute Gasteiger partial charge is 0.324 e. The summed E-state index contributed by atoms with van der Waals surface area (Å²) in [6.45, 7) is 0.511. The number of anilines is 1. The Kier molecular flexibility index (Phi) is 4.29. The van der Waals surface area contributed by atoms with Gasteiger partial charge in [-0.25, -0.2) is 4.79 Å².